The molecule has 0 aliphatic carbocycles. The highest BCUT2D eigenvalue weighted by atomic mass is 16.5. The van der Waals surface area contributed by atoms with Crippen LogP contribution in [0.1, 0.15) is 53.7 Å². The summed E-state index contributed by atoms with van der Waals surface area (Å²) in [7, 11) is 0. The zero-order valence-electron chi connectivity index (χ0n) is 21.8. The number of nitrogens with one attached hydrogen (secondary N) is 1. The van der Waals surface area contributed by atoms with Crippen LogP contribution in [0.4, 0.5) is 5.88 Å². The standard InChI is InChI=1S/C28H27NO10/c1-5-17(25(31)29-26-21(28(33)35-7-3)20(15(4)37-26)27(32)34-6-2)38-24-22(30)16-11-8-9-12-18(16)39-23(24)19-13-10-14-36-19/h8-14,17H,5-7H2,1-4H3,(H,29,31). The summed E-state index contributed by atoms with van der Waals surface area (Å²) in [5.41, 5.74) is -0.622. The molecule has 11 heteroatoms. The Balaban J connectivity index is 1.72. The second-order valence-corrected chi connectivity index (χ2v) is 8.25. The van der Waals surface area contributed by atoms with Gasteiger partial charge in [-0.2, -0.15) is 0 Å². The molecular weight excluding hydrogens is 510 g/mol. The summed E-state index contributed by atoms with van der Waals surface area (Å²) in [6.45, 7) is 6.42. The molecule has 1 N–H and O–H groups in total. The van der Waals surface area contributed by atoms with E-state index in [4.69, 9.17) is 27.5 Å². The lowest BCUT2D eigenvalue weighted by atomic mass is 10.1. The molecule has 0 spiro atoms. The summed E-state index contributed by atoms with van der Waals surface area (Å²) in [5, 5.41) is 2.75. The van der Waals surface area contributed by atoms with E-state index in [1.165, 1.54) is 13.2 Å². The van der Waals surface area contributed by atoms with E-state index >= 15 is 0 Å². The monoisotopic (exact) mass is 537 g/mol. The Morgan fingerprint density at radius 2 is 1.62 bits per heavy atom. The molecule has 0 aliphatic rings. The van der Waals surface area contributed by atoms with Crippen molar-refractivity contribution in [3.8, 4) is 17.3 Å². The van der Waals surface area contributed by atoms with Gasteiger partial charge in [-0.3, -0.25) is 14.9 Å². The van der Waals surface area contributed by atoms with Crippen LogP contribution < -0.4 is 15.5 Å². The summed E-state index contributed by atoms with van der Waals surface area (Å²) in [5.74, 6) is -2.66. The highest BCUT2D eigenvalue weighted by Crippen LogP contribution is 2.33. The number of para-hydroxylation sites is 1. The number of carbonyl (C=O) groups excluding carboxylic acids is 3. The quantitative estimate of drug-likeness (QED) is 0.271. The molecule has 1 atom stereocenters. The number of carbonyl (C=O) groups is 3. The van der Waals surface area contributed by atoms with E-state index in [1.54, 1.807) is 57.2 Å². The van der Waals surface area contributed by atoms with Crippen molar-refractivity contribution >= 4 is 34.7 Å². The summed E-state index contributed by atoms with van der Waals surface area (Å²) >= 11 is 0. The normalized spacial score (nSPS) is 11.7. The molecule has 4 rings (SSSR count). The predicted octanol–water partition coefficient (Wildman–Crippen LogP) is 5.10. The van der Waals surface area contributed by atoms with E-state index < -0.39 is 29.4 Å². The fourth-order valence-corrected chi connectivity index (χ4v) is 3.94. The SMILES string of the molecule is CCOC(=O)c1c(C)oc(NC(=O)C(CC)Oc2c(-c3ccco3)oc3ccccc3c2=O)c1C(=O)OCC. The van der Waals surface area contributed by atoms with Crippen molar-refractivity contribution in [2.75, 3.05) is 18.5 Å². The van der Waals surface area contributed by atoms with Crippen LogP contribution >= 0.6 is 0 Å². The van der Waals surface area contributed by atoms with Crippen LogP contribution in [-0.2, 0) is 14.3 Å². The van der Waals surface area contributed by atoms with Crippen LogP contribution in [0.5, 0.6) is 5.75 Å². The molecule has 1 aromatic carbocycles. The lowest BCUT2D eigenvalue weighted by molar-refractivity contribution is -0.123. The average Bonchev–Trinajstić information content (AvgIpc) is 3.56. The first-order valence-electron chi connectivity index (χ1n) is 12.3. The van der Waals surface area contributed by atoms with Crippen LogP contribution in [0.2, 0.25) is 0 Å². The van der Waals surface area contributed by atoms with Gasteiger partial charge in [-0.15, -0.1) is 0 Å². The molecule has 0 saturated carbocycles. The Bertz CT molecular complexity index is 1560. The van der Waals surface area contributed by atoms with Crippen molar-refractivity contribution in [3.05, 3.63) is 69.8 Å². The van der Waals surface area contributed by atoms with Gasteiger partial charge in [0.05, 0.1) is 24.9 Å². The van der Waals surface area contributed by atoms with Gasteiger partial charge in [0.25, 0.3) is 5.91 Å². The van der Waals surface area contributed by atoms with Crippen LogP contribution in [0, 0.1) is 6.92 Å². The molecule has 204 valence electrons. The molecule has 3 aromatic heterocycles. The van der Waals surface area contributed by atoms with Crippen molar-refractivity contribution in [2.24, 2.45) is 0 Å². The van der Waals surface area contributed by atoms with Gasteiger partial charge in [0.2, 0.25) is 22.8 Å². The van der Waals surface area contributed by atoms with E-state index in [0.717, 1.165) is 0 Å². The third kappa shape index (κ3) is 5.42. The Kier molecular flexibility index (Phi) is 8.18. The summed E-state index contributed by atoms with van der Waals surface area (Å²) < 4.78 is 33.0. The van der Waals surface area contributed by atoms with E-state index in [0.29, 0.717) is 5.58 Å². The van der Waals surface area contributed by atoms with Gasteiger partial charge in [-0.1, -0.05) is 19.1 Å². The topological polar surface area (TPSA) is 147 Å². The minimum atomic E-state index is -1.23. The molecule has 1 unspecified atom stereocenters. The van der Waals surface area contributed by atoms with Gasteiger partial charge >= 0.3 is 11.9 Å². The molecule has 0 radical (unpaired) electrons. The van der Waals surface area contributed by atoms with Crippen LogP contribution in [0.3, 0.4) is 0 Å². The summed E-state index contributed by atoms with van der Waals surface area (Å²) in [4.78, 5) is 52.0. The number of amides is 1. The van der Waals surface area contributed by atoms with Crippen LogP contribution in [0.15, 0.2) is 60.7 Å². The van der Waals surface area contributed by atoms with Crippen molar-refractivity contribution in [2.45, 2.75) is 40.2 Å². The zero-order valence-corrected chi connectivity index (χ0v) is 21.8. The average molecular weight is 538 g/mol. The van der Waals surface area contributed by atoms with Gasteiger partial charge in [-0.05, 0) is 51.5 Å². The van der Waals surface area contributed by atoms with Gasteiger partial charge < -0.3 is 27.5 Å². The van der Waals surface area contributed by atoms with Crippen molar-refractivity contribution in [1.29, 1.82) is 0 Å². The first kappa shape index (κ1) is 27.2. The fourth-order valence-electron chi connectivity index (χ4n) is 3.94. The highest BCUT2D eigenvalue weighted by Gasteiger charge is 2.33. The van der Waals surface area contributed by atoms with Gasteiger partial charge in [0.15, 0.2) is 11.9 Å². The third-order valence-electron chi connectivity index (χ3n) is 5.70. The maximum Gasteiger partial charge on any atom is 0.344 e. The highest BCUT2D eigenvalue weighted by molar-refractivity contribution is 6.09. The Morgan fingerprint density at radius 1 is 0.923 bits per heavy atom. The molecule has 39 heavy (non-hydrogen) atoms. The number of esters is 2. The smallest absolute Gasteiger partial charge is 0.344 e. The van der Waals surface area contributed by atoms with Crippen LogP contribution in [0.25, 0.3) is 22.5 Å². The van der Waals surface area contributed by atoms with E-state index in [2.05, 4.69) is 5.32 Å². The van der Waals surface area contributed by atoms with Crippen LogP contribution in [-0.4, -0.2) is 37.2 Å². The molecule has 3 heterocycles. The van der Waals surface area contributed by atoms with Gasteiger partial charge in [-0.25, -0.2) is 9.59 Å². The Labute approximate surface area is 222 Å². The minimum absolute atomic E-state index is 0.0144. The number of aryl methyl sites for hydroxylation is 1. The first-order valence-corrected chi connectivity index (χ1v) is 12.3. The maximum absolute atomic E-state index is 13.4. The number of benzene rings is 1. The van der Waals surface area contributed by atoms with E-state index in [9.17, 15) is 19.2 Å². The Morgan fingerprint density at radius 3 is 2.26 bits per heavy atom. The minimum Gasteiger partial charge on any atom is -0.473 e. The van der Waals surface area contributed by atoms with Gasteiger partial charge in [0.1, 0.15) is 22.5 Å². The summed E-state index contributed by atoms with van der Waals surface area (Å²) in [6.07, 6.45) is 0.305. The predicted molar refractivity (Wildman–Crippen MR) is 139 cm³/mol. The van der Waals surface area contributed by atoms with Crippen molar-refractivity contribution in [3.63, 3.8) is 0 Å². The number of furan rings is 2. The molecule has 0 aliphatic heterocycles. The van der Waals surface area contributed by atoms with E-state index in [1.807, 2.05) is 0 Å². The van der Waals surface area contributed by atoms with Crippen molar-refractivity contribution < 1.29 is 41.8 Å². The Hall–Kier alpha value is -4.80. The fraction of sp³-hybridized carbons (Fsp3) is 0.286. The zero-order chi connectivity index (χ0) is 28.1. The number of ether oxygens (including phenoxy) is 3. The largest absolute Gasteiger partial charge is 0.473 e. The molecule has 1 amide bonds. The molecule has 0 fully saturated rings. The first-order chi connectivity index (χ1) is 18.8. The lowest BCUT2D eigenvalue weighted by Crippen LogP contribution is -2.34. The molecule has 0 saturated heterocycles. The number of fused-ring (bicyclic) bond motifs is 1. The molecular formula is C28H27NO10. The number of anilines is 1. The molecule has 0 bridgehead atoms. The maximum atomic E-state index is 13.4. The third-order valence-corrected chi connectivity index (χ3v) is 5.70. The number of hydrogen-bond acceptors (Lipinski definition) is 10. The number of rotatable bonds is 10. The second kappa shape index (κ2) is 11.7. The number of hydrogen-bond donors (Lipinski definition) is 1. The van der Waals surface area contributed by atoms with E-state index in [-0.39, 0.29) is 65.1 Å². The second-order valence-electron chi connectivity index (χ2n) is 8.25. The van der Waals surface area contributed by atoms with Gasteiger partial charge in [0, 0.05) is 0 Å². The lowest BCUT2D eigenvalue weighted by Gasteiger charge is -2.18. The summed E-state index contributed by atoms with van der Waals surface area (Å²) in [6, 6.07) is 9.82. The molecule has 4 aromatic rings. The molecule has 11 nitrogen and oxygen atoms in total. The van der Waals surface area contributed by atoms with Crippen molar-refractivity contribution in [1.82, 2.24) is 0 Å².